The lowest BCUT2D eigenvalue weighted by molar-refractivity contribution is 0.312. The summed E-state index contributed by atoms with van der Waals surface area (Å²) in [6.45, 7) is 2.96. The molecule has 6 heteroatoms. The maximum Gasteiger partial charge on any atom is 0.322 e. The van der Waals surface area contributed by atoms with Crippen molar-refractivity contribution in [3.8, 4) is 6.01 Å². The van der Waals surface area contributed by atoms with Crippen molar-refractivity contribution < 1.29 is 4.74 Å². The topological polar surface area (TPSA) is 59.9 Å². The molecule has 0 bridgehead atoms. The lowest BCUT2D eigenvalue weighted by Crippen LogP contribution is -2.07. The van der Waals surface area contributed by atoms with Crippen LogP contribution < -0.4 is 10.1 Å². The van der Waals surface area contributed by atoms with E-state index in [1.165, 1.54) is 0 Å². The van der Waals surface area contributed by atoms with E-state index in [-0.39, 0.29) is 11.3 Å². The Balaban J connectivity index is 2.05. The fraction of sp³-hybridized carbons (Fsp3) is 0.250. The molecule has 0 saturated carbocycles. The predicted octanol–water partition coefficient (Wildman–Crippen LogP) is 2.54. The van der Waals surface area contributed by atoms with Gasteiger partial charge in [-0.1, -0.05) is 30.3 Å². The average molecular weight is 265 g/mol. The molecule has 0 saturated heterocycles. The summed E-state index contributed by atoms with van der Waals surface area (Å²) in [4.78, 5) is 11.9. The van der Waals surface area contributed by atoms with Gasteiger partial charge in [-0.25, -0.2) is 0 Å². The first-order valence-electron chi connectivity index (χ1n) is 5.60. The second-order valence-corrected chi connectivity index (χ2v) is 3.82. The fourth-order valence-corrected chi connectivity index (χ4v) is 1.53. The number of benzene rings is 1. The van der Waals surface area contributed by atoms with Crippen molar-refractivity contribution >= 4 is 17.5 Å². The molecule has 0 aliphatic rings. The molecule has 0 radical (unpaired) electrons. The molecular weight excluding hydrogens is 252 g/mol. The Labute approximate surface area is 110 Å². The van der Waals surface area contributed by atoms with Crippen molar-refractivity contribution in [1.82, 2.24) is 15.0 Å². The Hall–Kier alpha value is -1.88. The molecule has 5 nitrogen and oxygen atoms in total. The summed E-state index contributed by atoms with van der Waals surface area (Å²) in [7, 11) is 0. The minimum Gasteiger partial charge on any atom is -0.464 e. The molecular formula is C12H13ClN4O. The van der Waals surface area contributed by atoms with Crippen LogP contribution in [-0.4, -0.2) is 21.6 Å². The molecule has 94 valence electrons. The highest BCUT2D eigenvalue weighted by atomic mass is 35.5. The van der Waals surface area contributed by atoms with Crippen molar-refractivity contribution in [2.24, 2.45) is 0 Å². The molecule has 0 unspecified atom stereocenters. The summed E-state index contributed by atoms with van der Waals surface area (Å²) in [5.74, 6) is 0.405. The summed E-state index contributed by atoms with van der Waals surface area (Å²) < 4.78 is 5.19. The first-order valence-corrected chi connectivity index (χ1v) is 5.98. The Bertz CT molecular complexity index is 507. The molecule has 0 fully saturated rings. The largest absolute Gasteiger partial charge is 0.464 e. The van der Waals surface area contributed by atoms with Crippen LogP contribution in [-0.2, 0) is 6.54 Å². The van der Waals surface area contributed by atoms with Gasteiger partial charge in [0.1, 0.15) is 0 Å². The molecule has 0 spiro atoms. The van der Waals surface area contributed by atoms with Crippen molar-refractivity contribution in [3.05, 3.63) is 41.2 Å². The molecule has 18 heavy (non-hydrogen) atoms. The van der Waals surface area contributed by atoms with Crippen LogP contribution in [0.25, 0.3) is 0 Å². The molecule has 1 aromatic carbocycles. The van der Waals surface area contributed by atoms with Crippen molar-refractivity contribution in [2.75, 3.05) is 11.9 Å². The summed E-state index contributed by atoms with van der Waals surface area (Å²) in [6.07, 6.45) is 0. The molecule has 0 aliphatic carbocycles. The monoisotopic (exact) mass is 264 g/mol. The van der Waals surface area contributed by atoms with Gasteiger partial charge in [-0.05, 0) is 24.1 Å². The molecule has 1 aromatic heterocycles. The highest BCUT2D eigenvalue weighted by molar-refractivity contribution is 6.28. The van der Waals surface area contributed by atoms with Gasteiger partial charge in [-0.2, -0.15) is 15.0 Å². The summed E-state index contributed by atoms with van der Waals surface area (Å²) in [6, 6.07) is 10.2. The summed E-state index contributed by atoms with van der Waals surface area (Å²) >= 11 is 5.79. The standard InChI is InChI=1S/C12H13ClN4O/c1-2-18-12-16-10(13)15-11(17-12)14-8-9-6-4-3-5-7-9/h3-7H,2,8H2,1H3,(H,14,15,16,17). The van der Waals surface area contributed by atoms with Crippen molar-refractivity contribution in [1.29, 1.82) is 0 Å². The number of hydrogen-bond donors (Lipinski definition) is 1. The van der Waals surface area contributed by atoms with E-state index in [2.05, 4.69) is 20.3 Å². The SMILES string of the molecule is CCOc1nc(Cl)nc(NCc2ccccc2)n1. The van der Waals surface area contributed by atoms with Crippen molar-refractivity contribution in [2.45, 2.75) is 13.5 Å². The maximum atomic E-state index is 5.79. The zero-order chi connectivity index (χ0) is 12.8. The van der Waals surface area contributed by atoms with Crippen LogP contribution in [0.3, 0.4) is 0 Å². The average Bonchev–Trinajstić information content (AvgIpc) is 2.37. The summed E-state index contributed by atoms with van der Waals surface area (Å²) in [5, 5.41) is 3.19. The highest BCUT2D eigenvalue weighted by Gasteiger charge is 2.05. The first-order chi connectivity index (χ1) is 8.78. The van der Waals surface area contributed by atoms with E-state index in [1.54, 1.807) is 0 Å². The summed E-state index contributed by atoms with van der Waals surface area (Å²) in [5.41, 5.74) is 1.13. The van der Waals surface area contributed by atoms with Gasteiger partial charge in [0.2, 0.25) is 11.2 Å². The second-order valence-electron chi connectivity index (χ2n) is 3.48. The molecule has 0 amide bonds. The fourth-order valence-electron chi connectivity index (χ4n) is 1.38. The predicted molar refractivity (Wildman–Crippen MR) is 69.8 cm³/mol. The van der Waals surface area contributed by atoms with Gasteiger partial charge in [0.05, 0.1) is 6.61 Å². The Morgan fingerprint density at radius 3 is 2.67 bits per heavy atom. The molecule has 0 aliphatic heterocycles. The number of rotatable bonds is 5. The van der Waals surface area contributed by atoms with Crippen molar-refractivity contribution in [3.63, 3.8) is 0 Å². The lowest BCUT2D eigenvalue weighted by atomic mass is 10.2. The van der Waals surface area contributed by atoms with Gasteiger partial charge in [0.25, 0.3) is 0 Å². The molecule has 2 rings (SSSR count). The normalized spacial score (nSPS) is 10.1. The quantitative estimate of drug-likeness (QED) is 0.899. The van der Waals surface area contributed by atoms with E-state index in [9.17, 15) is 0 Å². The van der Waals surface area contributed by atoms with Crippen LogP contribution in [0.5, 0.6) is 6.01 Å². The molecule has 1 heterocycles. The molecule has 0 atom stereocenters. The zero-order valence-corrected chi connectivity index (χ0v) is 10.7. The van der Waals surface area contributed by atoms with Crippen LogP contribution in [0.2, 0.25) is 5.28 Å². The van der Waals surface area contributed by atoms with Gasteiger partial charge in [0.15, 0.2) is 0 Å². The Morgan fingerprint density at radius 2 is 1.94 bits per heavy atom. The number of anilines is 1. The maximum absolute atomic E-state index is 5.79. The number of hydrogen-bond acceptors (Lipinski definition) is 5. The third-order valence-corrected chi connectivity index (χ3v) is 2.32. The minimum atomic E-state index is 0.115. The van der Waals surface area contributed by atoms with E-state index in [4.69, 9.17) is 16.3 Å². The number of aromatic nitrogens is 3. The first kappa shape index (κ1) is 12.6. The Kier molecular flexibility index (Phi) is 4.30. The van der Waals surface area contributed by atoms with Crippen LogP contribution in [0.15, 0.2) is 30.3 Å². The van der Waals surface area contributed by atoms with Gasteiger partial charge in [-0.3, -0.25) is 0 Å². The van der Waals surface area contributed by atoms with Gasteiger partial charge < -0.3 is 10.1 Å². The van der Waals surface area contributed by atoms with Gasteiger partial charge in [0, 0.05) is 6.54 Å². The number of nitrogens with one attached hydrogen (secondary N) is 1. The van der Waals surface area contributed by atoms with Crippen LogP contribution >= 0.6 is 11.6 Å². The Morgan fingerprint density at radius 1 is 1.17 bits per heavy atom. The van der Waals surface area contributed by atoms with Gasteiger partial charge in [-0.15, -0.1) is 0 Å². The van der Waals surface area contributed by atoms with E-state index in [1.807, 2.05) is 37.3 Å². The van der Waals surface area contributed by atoms with E-state index in [0.29, 0.717) is 19.1 Å². The van der Waals surface area contributed by atoms with Crippen LogP contribution in [0.1, 0.15) is 12.5 Å². The van der Waals surface area contributed by atoms with E-state index < -0.39 is 0 Å². The number of nitrogens with zero attached hydrogens (tertiary/aromatic N) is 3. The second kappa shape index (κ2) is 6.16. The molecule has 2 aromatic rings. The zero-order valence-electron chi connectivity index (χ0n) is 9.93. The smallest absolute Gasteiger partial charge is 0.322 e. The van der Waals surface area contributed by atoms with E-state index >= 15 is 0 Å². The number of ether oxygens (including phenoxy) is 1. The highest BCUT2D eigenvalue weighted by Crippen LogP contribution is 2.12. The lowest BCUT2D eigenvalue weighted by Gasteiger charge is -2.06. The molecule has 1 N–H and O–H groups in total. The minimum absolute atomic E-state index is 0.115. The van der Waals surface area contributed by atoms with Gasteiger partial charge >= 0.3 is 6.01 Å². The third-order valence-electron chi connectivity index (χ3n) is 2.15. The third kappa shape index (κ3) is 3.56. The van der Waals surface area contributed by atoms with E-state index in [0.717, 1.165) is 5.56 Å². The number of halogens is 1. The van der Waals surface area contributed by atoms with Crippen LogP contribution in [0, 0.1) is 0 Å². The van der Waals surface area contributed by atoms with Crippen LogP contribution in [0.4, 0.5) is 5.95 Å².